The fourth-order valence-electron chi connectivity index (χ4n) is 1.44. The minimum absolute atomic E-state index is 0.158. The Morgan fingerprint density at radius 1 is 1.75 bits per heavy atom. The molecule has 2 heterocycles. The van der Waals surface area contributed by atoms with Crippen molar-refractivity contribution >= 4 is 27.9 Å². The lowest BCUT2D eigenvalue weighted by molar-refractivity contribution is 0.550. The molecular weight excluding hydrogens is 244 g/mol. The summed E-state index contributed by atoms with van der Waals surface area (Å²) in [6.07, 6.45) is 2.44. The second-order valence-corrected chi connectivity index (χ2v) is 4.78. The fraction of sp³-hybridized carbons (Fsp3) is 0.400. The molecule has 2 aromatic heterocycles. The van der Waals surface area contributed by atoms with E-state index in [9.17, 15) is 0 Å². The van der Waals surface area contributed by atoms with Crippen molar-refractivity contribution in [2.24, 2.45) is 0 Å². The van der Waals surface area contributed by atoms with Crippen LogP contribution in [0.5, 0.6) is 0 Å². The van der Waals surface area contributed by atoms with Crippen LogP contribution in [-0.2, 0) is 6.54 Å². The van der Waals surface area contributed by atoms with Crippen molar-refractivity contribution in [3.63, 3.8) is 0 Å². The molecule has 0 aromatic carbocycles. The van der Waals surface area contributed by atoms with Crippen LogP contribution >= 0.6 is 22.9 Å². The molecule has 1 unspecified atom stereocenters. The molecular formula is C10H11ClN4S. The van der Waals surface area contributed by atoms with Gasteiger partial charge in [-0.25, -0.2) is 4.98 Å². The van der Waals surface area contributed by atoms with Gasteiger partial charge in [0.2, 0.25) is 0 Å². The number of thiazole rings is 1. The van der Waals surface area contributed by atoms with E-state index in [0.29, 0.717) is 18.1 Å². The summed E-state index contributed by atoms with van der Waals surface area (Å²) in [6, 6.07) is 2.29. The number of nitrogens with zero attached hydrogens (tertiary/aromatic N) is 3. The first kappa shape index (κ1) is 11.4. The van der Waals surface area contributed by atoms with Crippen LogP contribution in [0.3, 0.4) is 0 Å². The van der Waals surface area contributed by atoms with Gasteiger partial charge in [-0.05, 0) is 6.92 Å². The van der Waals surface area contributed by atoms with E-state index < -0.39 is 0 Å². The van der Waals surface area contributed by atoms with Gasteiger partial charge in [0.25, 0.3) is 0 Å². The Bertz CT molecular complexity index is 524. The number of halogens is 1. The highest BCUT2D eigenvalue weighted by atomic mass is 35.5. The van der Waals surface area contributed by atoms with E-state index >= 15 is 0 Å². The zero-order valence-electron chi connectivity index (χ0n) is 8.77. The van der Waals surface area contributed by atoms with Gasteiger partial charge in [0.05, 0.1) is 18.2 Å². The lowest BCUT2D eigenvalue weighted by Crippen LogP contribution is -2.25. The summed E-state index contributed by atoms with van der Waals surface area (Å²) in [7, 11) is 0. The van der Waals surface area contributed by atoms with Crippen molar-refractivity contribution in [3.8, 4) is 6.07 Å². The van der Waals surface area contributed by atoms with Crippen LogP contribution < -0.4 is 5.32 Å². The van der Waals surface area contributed by atoms with E-state index in [-0.39, 0.29) is 6.04 Å². The van der Waals surface area contributed by atoms with Crippen molar-refractivity contribution in [1.29, 1.82) is 5.26 Å². The van der Waals surface area contributed by atoms with Crippen LogP contribution in [0.15, 0.2) is 11.6 Å². The molecule has 84 valence electrons. The van der Waals surface area contributed by atoms with E-state index in [4.69, 9.17) is 16.9 Å². The highest BCUT2D eigenvalue weighted by Gasteiger charge is 2.11. The normalized spacial score (nSPS) is 12.8. The maximum Gasteiger partial charge on any atom is 0.195 e. The number of rotatable bonds is 4. The highest BCUT2D eigenvalue weighted by Crippen LogP contribution is 2.21. The number of aromatic nitrogens is 2. The number of hydrogen-bond donors (Lipinski definition) is 1. The molecule has 0 aliphatic rings. The largest absolute Gasteiger partial charge is 0.308 e. The van der Waals surface area contributed by atoms with Crippen LogP contribution in [0.1, 0.15) is 19.0 Å². The third-order valence-electron chi connectivity index (χ3n) is 2.33. The summed E-state index contributed by atoms with van der Waals surface area (Å²) in [5, 5.41) is 14.3. The molecule has 0 radical (unpaired) electrons. The maximum atomic E-state index is 8.56. The van der Waals surface area contributed by atoms with Gasteiger partial charge < -0.3 is 5.32 Å². The van der Waals surface area contributed by atoms with Crippen LogP contribution in [-0.4, -0.2) is 15.4 Å². The third kappa shape index (κ3) is 2.19. The topological polar surface area (TPSA) is 53.1 Å². The Morgan fingerprint density at radius 2 is 2.56 bits per heavy atom. The Labute approximate surface area is 102 Å². The molecule has 0 saturated heterocycles. The molecule has 0 fully saturated rings. The molecule has 0 spiro atoms. The molecule has 1 N–H and O–H groups in total. The molecule has 0 aliphatic heterocycles. The van der Waals surface area contributed by atoms with Crippen molar-refractivity contribution in [2.45, 2.75) is 25.9 Å². The smallest absolute Gasteiger partial charge is 0.195 e. The zero-order valence-corrected chi connectivity index (χ0v) is 10.3. The Morgan fingerprint density at radius 3 is 3.31 bits per heavy atom. The third-order valence-corrected chi connectivity index (χ3v) is 3.39. The lowest BCUT2D eigenvalue weighted by Gasteiger charge is -2.09. The van der Waals surface area contributed by atoms with Gasteiger partial charge in [0.15, 0.2) is 10.1 Å². The fourth-order valence-corrected chi connectivity index (χ4v) is 2.47. The minimum Gasteiger partial charge on any atom is -0.308 e. The maximum absolute atomic E-state index is 8.56. The summed E-state index contributed by atoms with van der Waals surface area (Å²) in [5.74, 6) is 0. The van der Waals surface area contributed by atoms with Crippen molar-refractivity contribution in [1.82, 2.24) is 14.7 Å². The molecule has 4 nitrogen and oxygen atoms in total. The molecule has 2 aromatic rings. The van der Waals surface area contributed by atoms with E-state index in [0.717, 1.165) is 10.7 Å². The van der Waals surface area contributed by atoms with Gasteiger partial charge in [-0.3, -0.25) is 4.40 Å². The Balaban J connectivity index is 2.11. The molecule has 0 bridgehead atoms. The molecule has 1 atom stereocenters. The Hall–Kier alpha value is -1.09. The van der Waals surface area contributed by atoms with Gasteiger partial charge in [0.1, 0.15) is 0 Å². The number of nitriles is 1. The van der Waals surface area contributed by atoms with E-state index in [2.05, 4.69) is 16.4 Å². The van der Waals surface area contributed by atoms with Gasteiger partial charge in [-0.15, -0.1) is 11.3 Å². The SMILES string of the molecule is CC(CC#N)NCc1c(Cl)nc2sccn12. The summed E-state index contributed by atoms with van der Waals surface area (Å²) >= 11 is 7.59. The average molecular weight is 255 g/mol. The van der Waals surface area contributed by atoms with E-state index in [1.165, 1.54) is 0 Å². The van der Waals surface area contributed by atoms with E-state index in [1.807, 2.05) is 22.9 Å². The molecule has 0 amide bonds. The van der Waals surface area contributed by atoms with Crippen molar-refractivity contribution in [3.05, 3.63) is 22.4 Å². The minimum atomic E-state index is 0.158. The first-order valence-electron chi connectivity index (χ1n) is 4.92. The molecule has 2 rings (SSSR count). The molecule has 16 heavy (non-hydrogen) atoms. The van der Waals surface area contributed by atoms with E-state index in [1.54, 1.807) is 11.3 Å². The van der Waals surface area contributed by atoms with Crippen molar-refractivity contribution < 1.29 is 0 Å². The second kappa shape index (κ2) is 4.83. The predicted octanol–water partition coefficient (Wildman–Crippen LogP) is 2.44. The molecule has 6 heteroatoms. The van der Waals surface area contributed by atoms with Gasteiger partial charge in [-0.2, -0.15) is 5.26 Å². The van der Waals surface area contributed by atoms with Crippen LogP contribution in [0.4, 0.5) is 0 Å². The molecule has 0 saturated carbocycles. The van der Waals surface area contributed by atoms with Gasteiger partial charge in [0, 0.05) is 24.2 Å². The summed E-state index contributed by atoms with van der Waals surface area (Å²) in [5.41, 5.74) is 0.947. The zero-order chi connectivity index (χ0) is 11.5. The summed E-state index contributed by atoms with van der Waals surface area (Å²) in [6.45, 7) is 2.60. The monoisotopic (exact) mass is 254 g/mol. The molecule has 0 aliphatic carbocycles. The number of imidazole rings is 1. The quantitative estimate of drug-likeness (QED) is 0.912. The summed E-state index contributed by atoms with van der Waals surface area (Å²) in [4.78, 5) is 5.14. The second-order valence-electron chi connectivity index (χ2n) is 3.55. The average Bonchev–Trinajstić information content (AvgIpc) is 2.76. The lowest BCUT2D eigenvalue weighted by atomic mass is 10.2. The Kier molecular flexibility index (Phi) is 3.44. The number of fused-ring (bicyclic) bond motifs is 1. The first-order valence-corrected chi connectivity index (χ1v) is 6.18. The standard InChI is InChI=1S/C10H11ClN4S/c1-7(2-3-12)13-6-8-9(11)14-10-15(8)4-5-16-10/h4-5,7,13H,2,6H2,1H3. The highest BCUT2D eigenvalue weighted by molar-refractivity contribution is 7.15. The van der Waals surface area contributed by atoms with Crippen LogP contribution in [0, 0.1) is 11.3 Å². The predicted molar refractivity (Wildman–Crippen MR) is 64.6 cm³/mol. The number of nitrogens with one attached hydrogen (secondary N) is 1. The van der Waals surface area contributed by atoms with Crippen LogP contribution in [0.25, 0.3) is 4.96 Å². The number of hydrogen-bond acceptors (Lipinski definition) is 4. The van der Waals surface area contributed by atoms with Crippen LogP contribution in [0.2, 0.25) is 5.15 Å². The van der Waals surface area contributed by atoms with Gasteiger partial charge >= 0.3 is 0 Å². The van der Waals surface area contributed by atoms with Gasteiger partial charge in [-0.1, -0.05) is 11.6 Å². The first-order chi connectivity index (χ1) is 7.72. The summed E-state index contributed by atoms with van der Waals surface area (Å²) < 4.78 is 1.97. The van der Waals surface area contributed by atoms with Crippen molar-refractivity contribution in [2.75, 3.05) is 0 Å².